The second-order valence-corrected chi connectivity index (χ2v) is 5.50. The lowest BCUT2D eigenvalue weighted by Gasteiger charge is -2.37. The van der Waals surface area contributed by atoms with Gasteiger partial charge >= 0.3 is 0 Å². The maximum absolute atomic E-state index is 9.94. The highest BCUT2D eigenvalue weighted by Crippen LogP contribution is 2.39. The van der Waals surface area contributed by atoms with E-state index in [0.717, 1.165) is 25.2 Å². The van der Waals surface area contributed by atoms with Crippen LogP contribution in [0.4, 0.5) is 0 Å². The second kappa shape index (κ2) is 7.67. The van der Waals surface area contributed by atoms with E-state index in [1.807, 2.05) is 12.1 Å². The van der Waals surface area contributed by atoms with Gasteiger partial charge in [0.25, 0.3) is 0 Å². The number of hydrogen-bond donors (Lipinski definition) is 2. The molecule has 0 amide bonds. The van der Waals surface area contributed by atoms with E-state index in [1.54, 1.807) is 21.3 Å². The minimum absolute atomic E-state index is 0.0264. The molecule has 0 radical (unpaired) electrons. The first kappa shape index (κ1) is 16.9. The Morgan fingerprint density at radius 2 is 1.82 bits per heavy atom. The van der Waals surface area contributed by atoms with Crippen LogP contribution in [0.3, 0.4) is 0 Å². The fourth-order valence-electron chi connectivity index (χ4n) is 2.97. The van der Waals surface area contributed by atoms with Crippen molar-refractivity contribution in [3.05, 3.63) is 17.7 Å². The average Bonchev–Trinajstić information content (AvgIpc) is 2.55. The molecule has 124 valence electrons. The third-order valence-electron chi connectivity index (χ3n) is 4.11. The van der Waals surface area contributed by atoms with Crippen LogP contribution in [0.2, 0.25) is 0 Å². The average molecular weight is 310 g/mol. The van der Waals surface area contributed by atoms with E-state index < -0.39 is 0 Å². The van der Waals surface area contributed by atoms with E-state index in [0.29, 0.717) is 23.3 Å². The van der Waals surface area contributed by atoms with E-state index in [-0.39, 0.29) is 12.6 Å². The summed E-state index contributed by atoms with van der Waals surface area (Å²) in [6.45, 7) is 4.84. The molecule has 22 heavy (non-hydrogen) atoms. The lowest BCUT2D eigenvalue weighted by Crippen LogP contribution is -2.51. The number of benzene rings is 1. The number of ether oxygens (including phenoxy) is 3. The number of rotatable bonds is 6. The quantitative estimate of drug-likeness (QED) is 0.818. The lowest BCUT2D eigenvalue weighted by atomic mass is 10.0. The van der Waals surface area contributed by atoms with Crippen molar-refractivity contribution in [3.63, 3.8) is 0 Å². The zero-order chi connectivity index (χ0) is 16.1. The summed E-state index contributed by atoms with van der Waals surface area (Å²) in [5.41, 5.74) is 0.914. The van der Waals surface area contributed by atoms with Crippen LogP contribution in [0.15, 0.2) is 12.1 Å². The van der Waals surface area contributed by atoms with Gasteiger partial charge in [-0.3, -0.25) is 4.90 Å². The highest BCUT2D eigenvalue weighted by molar-refractivity contribution is 5.52. The summed E-state index contributed by atoms with van der Waals surface area (Å²) in [6.07, 6.45) is 0. The molecule has 6 heteroatoms. The first-order valence-corrected chi connectivity index (χ1v) is 7.52. The van der Waals surface area contributed by atoms with E-state index in [2.05, 4.69) is 17.1 Å². The molecule has 2 rings (SSSR count). The minimum atomic E-state index is -0.126. The Kier molecular flexibility index (Phi) is 5.88. The first-order chi connectivity index (χ1) is 10.6. The van der Waals surface area contributed by atoms with E-state index >= 15 is 0 Å². The third kappa shape index (κ3) is 3.45. The number of methoxy groups -OCH3 is 3. The molecule has 1 saturated heterocycles. The number of aliphatic hydroxyl groups is 1. The maximum atomic E-state index is 9.94. The van der Waals surface area contributed by atoms with E-state index in [4.69, 9.17) is 14.2 Å². The molecule has 0 aliphatic carbocycles. The second-order valence-electron chi connectivity index (χ2n) is 5.50. The van der Waals surface area contributed by atoms with Crippen molar-refractivity contribution < 1.29 is 19.3 Å². The van der Waals surface area contributed by atoms with Gasteiger partial charge < -0.3 is 24.6 Å². The van der Waals surface area contributed by atoms with Crippen molar-refractivity contribution in [3.8, 4) is 17.2 Å². The zero-order valence-electron chi connectivity index (χ0n) is 13.8. The first-order valence-electron chi connectivity index (χ1n) is 7.52. The molecule has 1 aliphatic heterocycles. The smallest absolute Gasteiger partial charge is 0.164 e. The van der Waals surface area contributed by atoms with E-state index in [1.165, 1.54) is 0 Å². The molecule has 1 aliphatic rings. The van der Waals surface area contributed by atoms with Crippen molar-refractivity contribution in [2.75, 3.05) is 47.6 Å². The molecular weight excluding hydrogens is 284 g/mol. The molecule has 0 spiro atoms. The Labute approximate surface area is 132 Å². The topological polar surface area (TPSA) is 63.2 Å². The molecule has 2 N–H and O–H groups in total. The van der Waals surface area contributed by atoms with Crippen molar-refractivity contribution in [1.82, 2.24) is 10.2 Å². The number of hydrogen-bond acceptors (Lipinski definition) is 6. The van der Waals surface area contributed by atoms with Crippen LogP contribution in [-0.4, -0.2) is 63.6 Å². The lowest BCUT2D eigenvalue weighted by molar-refractivity contribution is 0.0943. The summed E-state index contributed by atoms with van der Waals surface area (Å²) in [7, 11) is 4.83. The maximum Gasteiger partial charge on any atom is 0.164 e. The summed E-state index contributed by atoms with van der Waals surface area (Å²) in [6, 6.07) is 3.97. The molecule has 0 saturated carbocycles. The fourth-order valence-corrected chi connectivity index (χ4v) is 2.97. The van der Waals surface area contributed by atoms with Gasteiger partial charge in [0.1, 0.15) is 5.75 Å². The zero-order valence-corrected chi connectivity index (χ0v) is 13.8. The fraction of sp³-hybridized carbons (Fsp3) is 0.625. The molecule has 1 fully saturated rings. The molecule has 2 unspecified atom stereocenters. The monoisotopic (exact) mass is 310 g/mol. The SMILES string of the molecule is COc1cc(OC)c(C(CO)N2CCNC(C)C2)cc1OC. The third-order valence-corrected chi connectivity index (χ3v) is 4.11. The summed E-state index contributed by atoms with van der Waals surface area (Å²) < 4.78 is 16.2. The van der Waals surface area contributed by atoms with Crippen LogP contribution in [0, 0.1) is 0 Å². The largest absolute Gasteiger partial charge is 0.496 e. The summed E-state index contributed by atoms with van der Waals surface area (Å²) in [5, 5.41) is 13.4. The standard InChI is InChI=1S/C16H26N2O4/c1-11-9-18(6-5-17-11)13(10-19)12-7-15(21-3)16(22-4)8-14(12)20-2/h7-8,11,13,17,19H,5-6,9-10H2,1-4H3. The van der Waals surface area contributed by atoms with Gasteiger partial charge in [0.05, 0.1) is 34.0 Å². The molecule has 6 nitrogen and oxygen atoms in total. The molecule has 1 heterocycles. The molecule has 1 aromatic rings. The van der Waals surface area contributed by atoms with Gasteiger partial charge in [-0.2, -0.15) is 0 Å². The molecule has 0 bridgehead atoms. The highest BCUT2D eigenvalue weighted by atomic mass is 16.5. The van der Waals surface area contributed by atoms with Crippen LogP contribution < -0.4 is 19.5 Å². The van der Waals surface area contributed by atoms with Crippen LogP contribution in [0.1, 0.15) is 18.5 Å². The number of aliphatic hydroxyl groups excluding tert-OH is 1. The highest BCUT2D eigenvalue weighted by Gasteiger charge is 2.28. The normalized spacial score (nSPS) is 20.5. The number of nitrogens with zero attached hydrogens (tertiary/aromatic N) is 1. The number of piperazine rings is 1. The van der Waals surface area contributed by atoms with Gasteiger partial charge in [-0.1, -0.05) is 0 Å². The summed E-state index contributed by atoms with van der Waals surface area (Å²) >= 11 is 0. The number of nitrogens with one attached hydrogen (secondary N) is 1. The van der Waals surface area contributed by atoms with Gasteiger partial charge in [0.15, 0.2) is 11.5 Å². The van der Waals surface area contributed by atoms with Gasteiger partial charge in [0, 0.05) is 37.3 Å². The Morgan fingerprint density at radius 3 is 2.36 bits per heavy atom. The molecule has 1 aromatic carbocycles. The Bertz CT molecular complexity index is 495. The van der Waals surface area contributed by atoms with Crippen LogP contribution in [0.25, 0.3) is 0 Å². The molecule has 2 atom stereocenters. The predicted molar refractivity (Wildman–Crippen MR) is 85.0 cm³/mol. The molecule has 0 aromatic heterocycles. The summed E-state index contributed by atoms with van der Waals surface area (Å²) in [5.74, 6) is 1.95. The van der Waals surface area contributed by atoms with Crippen molar-refractivity contribution >= 4 is 0 Å². The van der Waals surface area contributed by atoms with Gasteiger partial charge in [-0.05, 0) is 13.0 Å². The van der Waals surface area contributed by atoms with Crippen molar-refractivity contribution in [1.29, 1.82) is 0 Å². The van der Waals surface area contributed by atoms with Crippen LogP contribution in [0.5, 0.6) is 17.2 Å². The predicted octanol–water partition coefficient (Wildman–Crippen LogP) is 1.04. The van der Waals surface area contributed by atoms with E-state index in [9.17, 15) is 5.11 Å². The molecular formula is C16H26N2O4. The van der Waals surface area contributed by atoms with Crippen LogP contribution >= 0.6 is 0 Å². The van der Waals surface area contributed by atoms with Crippen molar-refractivity contribution in [2.24, 2.45) is 0 Å². The van der Waals surface area contributed by atoms with Crippen molar-refractivity contribution in [2.45, 2.75) is 19.0 Å². The van der Waals surface area contributed by atoms with Gasteiger partial charge in [-0.15, -0.1) is 0 Å². The van der Waals surface area contributed by atoms with Gasteiger partial charge in [0.2, 0.25) is 0 Å². The minimum Gasteiger partial charge on any atom is -0.496 e. The van der Waals surface area contributed by atoms with Crippen LogP contribution in [-0.2, 0) is 0 Å². The summed E-state index contributed by atoms with van der Waals surface area (Å²) in [4.78, 5) is 2.27. The van der Waals surface area contributed by atoms with Gasteiger partial charge in [-0.25, -0.2) is 0 Å². The Hall–Kier alpha value is -1.50. The Morgan fingerprint density at radius 1 is 1.18 bits per heavy atom. The Balaban J connectivity index is 2.38.